The number of nitrogens with zero attached hydrogens (tertiary/aromatic N) is 2. The van der Waals surface area contributed by atoms with Gasteiger partial charge < -0.3 is 5.32 Å². The summed E-state index contributed by atoms with van der Waals surface area (Å²) in [5.41, 5.74) is 0.598. The number of anilines is 1. The van der Waals surface area contributed by atoms with E-state index in [0.29, 0.717) is 30.6 Å². The molecule has 1 aliphatic rings. The second-order valence-corrected chi connectivity index (χ2v) is 7.13. The fraction of sp³-hybridized carbons (Fsp3) is 0.615. The number of aromatic nitrogens is 1. The van der Waals surface area contributed by atoms with Crippen molar-refractivity contribution in [3.05, 3.63) is 18.5 Å². The third-order valence-electron chi connectivity index (χ3n) is 3.97. The van der Waals surface area contributed by atoms with Gasteiger partial charge in [0.1, 0.15) is 4.90 Å². The molecule has 1 fully saturated rings. The monoisotopic (exact) mass is 283 g/mol. The van der Waals surface area contributed by atoms with Crippen molar-refractivity contribution in [2.75, 3.05) is 25.5 Å². The van der Waals surface area contributed by atoms with Gasteiger partial charge in [-0.25, -0.2) is 8.42 Å². The van der Waals surface area contributed by atoms with Crippen molar-refractivity contribution in [2.45, 2.75) is 25.2 Å². The van der Waals surface area contributed by atoms with Crippen molar-refractivity contribution in [2.24, 2.45) is 11.8 Å². The van der Waals surface area contributed by atoms with Crippen LogP contribution in [0.4, 0.5) is 5.69 Å². The molecule has 0 bridgehead atoms. The first-order chi connectivity index (χ1) is 8.96. The van der Waals surface area contributed by atoms with E-state index in [4.69, 9.17) is 0 Å². The first-order valence-electron chi connectivity index (χ1n) is 6.58. The molecule has 2 unspecified atom stereocenters. The van der Waals surface area contributed by atoms with E-state index in [2.05, 4.69) is 24.1 Å². The molecule has 1 saturated heterocycles. The van der Waals surface area contributed by atoms with Crippen molar-refractivity contribution in [3.8, 4) is 0 Å². The van der Waals surface area contributed by atoms with Gasteiger partial charge in [-0.05, 0) is 24.3 Å². The summed E-state index contributed by atoms with van der Waals surface area (Å²) in [6.07, 6.45) is 3.92. The number of nitrogens with one attached hydrogen (secondary N) is 1. The van der Waals surface area contributed by atoms with Crippen LogP contribution in [0, 0.1) is 11.8 Å². The Kier molecular flexibility index (Phi) is 4.10. The van der Waals surface area contributed by atoms with E-state index >= 15 is 0 Å². The standard InChI is InChI=1S/C13H21N3O2S/c1-10-5-7-16(9-11(10)2)19(17,18)13-8-15-6-4-12(13)14-3/h4,6,8,10-11H,5,7,9H2,1-3H3,(H,14,15). The average molecular weight is 283 g/mol. The van der Waals surface area contributed by atoms with Gasteiger partial charge in [0.25, 0.3) is 0 Å². The van der Waals surface area contributed by atoms with Crippen LogP contribution in [0.25, 0.3) is 0 Å². The lowest BCUT2D eigenvalue weighted by Gasteiger charge is -2.34. The molecule has 1 N–H and O–H groups in total. The van der Waals surface area contributed by atoms with Crippen molar-refractivity contribution < 1.29 is 8.42 Å². The minimum Gasteiger partial charge on any atom is -0.387 e. The van der Waals surface area contributed by atoms with Gasteiger partial charge in [0, 0.05) is 32.5 Å². The molecule has 1 aromatic rings. The SMILES string of the molecule is CNc1ccncc1S(=O)(=O)N1CCC(C)C(C)C1. The summed E-state index contributed by atoms with van der Waals surface area (Å²) in [5, 5.41) is 2.91. The van der Waals surface area contributed by atoms with Gasteiger partial charge in [0.15, 0.2) is 0 Å². The van der Waals surface area contributed by atoms with Crippen molar-refractivity contribution in [1.29, 1.82) is 0 Å². The van der Waals surface area contributed by atoms with Gasteiger partial charge >= 0.3 is 0 Å². The number of sulfonamides is 1. The summed E-state index contributed by atoms with van der Waals surface area (Å²) < 4.78 is 26.9. The molecule has 0 aliphatic carbocycles. The number of piperidine rings is 1. The maximum Gasteiger partial charge on any atom is 0.246 e. The molecule has 6 heteroatoms. The Morgan fingerprint density at radius 1 is 1.37 bits per heavy atom. The Labute approximate surface area is 115 Å². The summed E-state index contributed by atoms with van der Waals surface area (Å²) in [4.78, 5) is 4.21. The molecule has 1 aromatic heterocycles. The number of hydrogen-bond donors (Lipinski definition) is 1. The highest BCUT2D eigenvalue weighted by molar-refractivity contribution is 7.89. The molecule has 2 atom stereocenters. The topological polar surface area (TPSA) is 62.3 Å². The molecule has 2 heterocycles. The van der Waals surface area contributed by atoms with Crippen molar-refractivity contribution in [1.82, 2.24) is 9.29 Å². The van der Waals surface area contributed by atoms with Gasteiger partial charge in [0.05, 0.1) is 5.69 Å². The Bertz CT molecular complexity index is 545. The second-order valence-electron chi connectivity index (χ2n) is 5.23. The lowest BCUT2D eigenvalue weighted by atomic mass is 9.90. The summed E-state index contributed by atoms with van der Waals surface area (Å²) in [7, 11) is -1.74. The Hall–Kier alpha value is -1.14. The largest absolute Gasteiger partial charge is 0.387 e. The zero-order valence-corrected chi connectivity index (χ0v) is 12.4. The highest BCUT2D eigenvalue weighted by Crippen LogP contribution is 2.29. The highest BCUT2D eigenvalue weighted by Gasteiger charge is 2.33. The van der Waals surface area contributed by atoms with Gasteiger partial charge in [-0.1, -0.05) is 13.8 Å². The highest BCUT2D eigenvalue weighted by atomic mass is 32.2. The van der Waals surface area contributed by atoms with Crippen LogP contribution in [0.2, 0.25) is 0 Å². The zero-order valence-electron chi connectivity index (χ0n) is 11.6. The summed E-state index contributed by atoms with van der Waals surface area (Å²) in [6, 6.07) is 1.68. The van der Waals surface area contributed by atoms with E-state index < -0.39 is 10.0 Å². The molecule has 0 amide bonds. The third-order valence-corrected chi connectivity index (χ3v) is 5.86. The first-order valence-corrected chi connectivity index (χ1v) is 8.02. The van der Waals surface area contributed by atoms with Gasteiger partial charge in [-0.15, -0.1) is 0 Å². The average Bonchev–Trinajstić information content (AvgIpc) is 2.41. The lowest BCUT2D eigenvalue weighted by molar-refractivity contribution is 0.212. The van der Waals surface area contributed by atoms with Gasteiger partial charge in [-0.2, -0.15) is 4.31 Å². The smallest absolute Gasteiger partial charge is 0.246 e. The Morgan fingerprint density at radius 3 is 2.74 bits per heavy atom. The molecule has 106 valence electrons. The van der Waals surface area contributed by atoms with E-state index in [0.717, 1.165) is 6.42 Å². The predicted octanol–water partition coefficient (Wildman–Crippen LogP) is 1.79. The molecule has 19 heavy (non-hydrogen) atoms. The molecular formula is C13H21N3O2S. The lowest BCUT2D eigenvalue weighted by Crippen LogP contribution is -2.42. The van der Waals surface area contributed by atoms with Crippen LogP contribution in [0.15, 0.2) is 23.4 Å². The van der Waals surface area contributed by atoms with Crippen LogP contribution in [0.5, 0.6) is 0 Å². The molecular weight excluding hydrogens is 262 g/mol. The molecule has 2 rings (SSSR count). The van der Waals surface area contributed by atoms with Crippen LogP contribution in [-0.2, 0) is 10.0 Å². The molecule has 1 aliphatic heterocycles. The second kappa shape index (κ2) is 5.46. The molecule has 0 aromatic carbocycles. The quantitative estimate of drug-likeness (QED) is 0.918. The fourth-order valence-electron chi connectivity index (χ4n) is 2.37. The molecule has 5 nitrogen and oxygen atoms in total. The van der Waals surface area contributed by atoms with Crippen molar-refractivity contribution in [3.63, 3.8) is 0 Å². The first kappa shape index (κ1) is 14.3. The van der Waals surface area contributed by atoms with Crippen LogP contribution < -0.4 is 5.32 Å². The van der Waals surface area contributed by atoms with E-state index in [1.807, 2.05) is 0 Å². The van der Waals surface area contributed by atoms with Crippen LogP contribution in [0.1, 0.15) is 20.3 Å². The maximum absolute atomic E-state index is 12.7. The van der Waals surface area contributed by atoms with E-state index in [1.54, 1.807) is 23.6 Å². The van der Waals surface area contributed by atoms with E-state index in [9.17, 15) is 8.42 Å². The number of hydrogen-bond acceptors (Lipinski definition) is 4. The molecule has 0 spiro atoms. The van der Waals surface area contributed by atoms with Gasteiger partial charge in [0.2, 0.25) is 10.0 Å². The van der Waals surface area contributed by atoms with Crippen LogP contribution in [0.3, 0.4) is 0 Å². The van der Waals surface area contributed by atoms with Crippen LogP contribution in [-0.4, -0.2) is 37.8 Å². The van der Waals surface area contributed by atoms with Crippen molar-refractivity contribution >= 4 is 15.7 Å². The van der Waals surface area contributed by atoms with E-state index in [1.165, 1.54) is 6.20 Å². The van der Waals surface area contributed by atoms with E-state index in [-0.39, 0.29) is 4.90 Å². The number of pyridine rings is 1. The molecule has 0 radical (unpaired) electrons. The zero-order chi connectivity index (χ0) is 14.0. The Balaban J connectivity index is 2.32. The predicted molar refractivity (Wildman–Crippen MR) is 75.5 cm³/mol. The van der Waals surface area contributed by atoms with Gasteiger partial charge in [-0.3, -0.25) is 4.98 Å². The number of rotatable bonds is 3. The normalized spacial score (nSPS) is 25.2. The summed E-state index contributed by atoms with van der Waals surface area (Å²) in [5.74, 6) is 0.961. The maximum atomic E-state index is 12.7. The summed E-state index contributed by atoms with van der Waals surface area (Å²) >= 11 is 0. The third kappa shape index (κ3) is 2.74. The Morgan fingerprint density at radius 2 is 2.11 bits per heavy atom. The summed E-state index contributed by atoms with van der Waals surface area (Å²) in [6.45, 7) is 5.46. The minimum atomic E-state index is -3.45. The van der Waals surface area contributed by atoms with Crippen LogP contribution >= 0.6 is 0 Å². The molecule has 0 saturated carbocycles. The fourth-order valence-corrected chi connectivity index (χ4v) is 4.07. The minimum absolute atomic E-state index is 0.263.